The second-order valence-corrected chi connectivity index (χ2v) is 29.5. The summed E-state index contributed by atoms with van der Waals surface area (Å²) in [4.78, 5) is 64.1. The highest BCUT2D eigenvalue weighted by Crippen LogP contribution is 2.42. The number of aliphatic hydroxyl groups is 26. The highest BCUT2D eigenvalue weighted by Gasteiger charge is 2.64. The number of carbonyl (C=O) groups excluding carboxylic acids is 4. The van der Waals surface area contributed by atoms with Crippen LogP contribution in [0.4, 0.5) is 0 Å². The van der Waals surface area contributed by atoms with Crippen molar-refractivity contribution in [3.8, 4) is 0 Å². The molecule has 0 saturated carbocycles. The predicted molar refractivity (Wildman–Crippen MR) is 361 cm³/mol. The van der Waals surface area contributed by atoms with E-state index < -0.39 is 377 Å². The van der Waals surface area contributed by atoms with Crippen LogP contribution in [-0.4, -0.2) is 509 Å². The topological polar surface area (TPSA) is 837 Å². The Balaban J connectivity index is 0.901. The largest absolute Gasteiger partial charge is 0.477 e. The summed E-state index contributed by atoms with van der Waals surface area (Å²) in [6, 6.07) is -7.61. The molecule has 9 fully saturated rings. The second kappa shape index (κ2) is 42.1. The smallest absolute Gasteiger partial charge is 0.364 e. The molecule has 0 aromatic carbocycles. The van der Waals surface area contributed by atoms with Crippen molar-refractivity contribution in [1.29, 1.82) is 0 Å². The van der Waals surface area contributed by atoms with Crippen LogP contribution >= 0.6 is 0 Å². The third-order valence-electron chi connectivity index (χ3n) is 21.3. The molecule has 46 atom stereocenters. The third-order valence-corrected chi connectivity index (χ3v) is 21.3. The van der Waals surface area contributed by atoms with Gasteiger partial charge in [-0.3, -0.25) is 19.2 Å². The number of aliphatic carboxylic acids is 1. The van der Waals surface area contributed by atoms with Gasteiger partial charge in [-0.05, 0) is 0 Å². The average Bonchev–Trinajstić information content (AvgIpc) is 0.757. The molecule has 9 aliphatic heterocycles. The van der Waals surface area contributed by atoms with E-state index in [1.807, 2.05) is 0 Å². The van der Waals surface area contributed by atoms with Gasteiger partial charge in [-0.2, -0.15) is 0 Å². The minimum Gasteiger partial charge on any atom is -0.477 e. The van der Waals surface area contributed by atoms with E-state index in [4.69, 9.17) is 80.5 Å². The molecule has 9 aliphatic rings. The first-order valence-electron chi connectivity index (χ1n) is 37.3. The zero-order valence-electron chi connectivity index (χ0n) is 63.1. The molecule has 0 spiro atoms. The number of aliphatic hydroxyl groups excluding tert-OH is 26. The minimum absolute atomic E-state index is 0.862. The van der Waals surface area contributed by atoms with Gasteiger partial charge in [0.05, 0.1) is 71.6 Å². The van der Waals surface area contributed by atoms with Crippen LogP contribution in [0.5, 0.6) is 0 Å². The Labute approximate surface area is 666 Å². The quantitative estimate of drug-likeness (QED) is 0.0297. The molecule has 4 amide bonds. The van der Waals surface area contributed by atoms with Crippen LogP contribution in [0.1, 0.15) is 34.1 Å². The number of carboxylic acids is 1. The van der Waals surface area contributed by atoms with Gasteiger partial charge in [0.2, 0.25) is 23.6 Å². The van der Waals surface area contributed by atoms with Crippen molar-refractivity contribution < 1.29 is 242 Å². The molecule has 0 aliphatic carbocycles. The minimum atomic E-state index is -3.27. The van der Waals surface area contributed by atoms with Gasteiger partial charge in [0.1, 0.15) is 213 Å². The Hall–Kier alpha value is -4.37. The number of amides is 4. The van der Waals surface area contributed by atoms with Crippen molar-refractivity contribution in [3.05, 3.63) is 0 Å². The molecular formula is C65H108N4O49. The number of carbonyl (C=O) groups is 5. The predicted octanol–water partition coefficient (Wildman–Crippen LogP) is -20.8. The lowest BCUT2D eigenvalue weighted by Crippen LogP contribution is -2.71. The first kappa shape index (κ1) is 97.4. The van der Waals surface area contributed by atoms with Crippen LogP contribution in [0.2, 0.25) is 0 Å². The molecule has 0 bridgehead atoms. The molecule has 9 heterocycles. The van der Waals surface area contributed by atoms with Crippen molar-refractivity contribution in [2.75, 3.05) is 59.5 Å². The molecule has 0 unspecified atom stereocenters. The number of ether oxygens (including phenoxy) is 17. The Kier molecular flexibility index (Phi) is 34.7. The summed E-state index contributed by atoms with van der Waals surface area (Å²) in [5.41, 5.74) is 0. The first-order valence-corrected chi connectivity index (χ1v) is 37.3. The van der Waals surface area contributed by atoms with Crippen LogP contribution in [0.3, 0.4) is 0 Å². The van der Waals surface area contributed by atoms with Crippen LogP contribution < -0.4 is 21.3 Å². The standard InChI is InChI=1S/C65H108N4O49/c1-15(79)66-29-19(83)5-65(64(100)101,117-51(29)33(85)20(84)6-70)118-55-37(89)24(10-74)106-63(46(55)98)112-49-28(14-78)109-59(32(40(49)92)69-18(4)82)115-53-35(87)22(8-72)104-61(44(53)96)110-47-26(12-76)107-57(30(38(47)90)67-16(2)80)114-52-34(86)21(7-71)103-60(43(52)95)111-48-27(13-77)108-58(31(39(48)91)68-17(3)81)116-54-36(88)23(9-73)105-62(45(54)97)113-50-25(11-75)102-56(99)42(94)41(50)93/h19-63,70-78,83-99H,5-14H2,1-4H3,(H,66,79)(H,67,80)(H,68,81)(H,69,82)(H,100,101)/t19-,20+,21+,22+,23+,24+,25+,26+,27+,28+,29+,30+,31+,32+,33+,34-,35-,36-,37-,38+,39+,40+,41+,42+,43+,44+,45+,46+,47+,48+,49+,50+,51+,52-,53-,54-,55-,56+,57-,58-,59-,60-,61-,62-,63-,65-/m0/s1. The maximum Gasteiger partial charge on any atom is 0.364 e. The van der Waals surface area contributed by atoms with E-state index in [0.29, 0.717) is 0 Å². The maximum absolute atomic E-state index is 13.2. The number of hydrogen-bond acceptors (Lipinski definition) is 48. The van der Waals surface area contributed by atoms with E-state index in [0.717, 1.165) is 27.7 Å². The SMILES string of the molecule is CC(=O)N[C@H]1[C@H](O[C@H]2[C@@H](O)[C@@H](CO)O[C@@H](O[C@H]3[C@H](O)[C@@H](O)[C@H](O)O[C@@H]3CO)[C@@H]2O)O[C@H](CO)[C@@H](O[C@@H]2O[C@H](CO)[C@H](O)[C@H](O[C@@H]3O[C@H](CO)[C@@H](O[C@@H]4O[C@H](CO)[C@H](O)[C@H](O[C@@H]5O[C@H](CO)[C@@H](O[C@@H]6O[C@H](CO)[C@H](O)[C@H](O[C@]7(C(=O)O)C[C@H](O)[C@@H](NC(C)=O)[C@H]([C@H](O)[C@H](O)CO)O7)[C@H]6O)[C@H](O)[C@H]5NC(C)=O)[C@H]4O)[C@H](O)[C@H]3NC(C)=O)[C@H]2O)[C@@H]1O. The summed E-state index contributed by atoms with van der Waals surface area (Å²) in [5, 5.41) is 307. The molecule has 9 saturated heterocycles. The molecule has 31 N–H and O–H groups in total. The summed E-state index contributed by atoms with van der Waals surface area (Å²) in [6.07, 6.45) is -87.7. The summed E-state index contributed by atoms with van der Waals surface area (Å²) in [6.45, 7) is -6.54. The van der Waals surface area contributed by atoms with Gasteiger partial charge < -0.3 is 240 Å². The Bertz CT molecular complexity index is 3210. The Morgan fingerprint density at radius 1 is 0.331 bits per heavy atom. The van der Waals surface area contributed by atoms with Gasteiger partial charge in [-0.1, -0.05) is 0 Å². The van der Waals surface area contributed by atoms with E-state index in [1.54, 1.807) is 0 Å². The Morgan fingerprint density at radius 3 is 0.881 bits per heavy atom. The van der Waals surface area contributed by atoms with Gasteiger partial charge in [-0.25, -0.2) is 4.79 Å². The zero-order chi connectivity index (χ0) is 87.3. The molecule has 0 aromatic rings. The lowest BCUT2D eigenvalue weighted by molar-refractivity contribution is -0.392. The van der Waals surface area contributed by atoms with Crippen LogP contribution in [-0.2, 0) is 104 Å². The summed E-state index contributed by atoms with van der Waals surface area (Å²) >= 11 is 0. The monoisotopic (exact) mass is 1730 g/mol. The van der Waals surface area contributed by atoms with E-state index >= 15 is 0 Å². The molecule has 53 nitrogen and oxygen atoms in total. The van der Waals surface area contributed by atoms with Crippen molar-refractivity contribution >= 4 is 29.6 Å². The molecule has 118 heavy (non-hydrogen) atoms. The fourth-order valence-corrected chi connectivity index (χ4v) is 15.3. The van der Waals surface area contributed by atoms with Crippen molar-refractivity contribution in [3.63, 3.8) is 0 Å². The first-order chi connectivity index (χ1) is 55.7. The fourth-order valence-electron chi connectivity index (χ4n) is 15.3. The summed E-state index contributed by atoms with van der Waals surface area (Å²) < 4.78 is 98.6. The molecule has 9 rings (SSSR count). The molecular weight excluding hydrogens is 1620 g/mol. The fraction of sp³-hybridized carbons (Fsp3) is 0.923. The van der Waals surface area contributed by atoms with Gasteiger partial charge >= 0.3 is 5.97 Å². The number of hydrogen-bond donors (Lipinski definition) is 31. The third kappa shape index (κ3) is 21.1. The van der Waals surface area contributed by atoms with Crippen LogP contribution in [0.25, 0.3) is 0 Å². The van der Waals surface area contributed by atoms with E-state index in [2.05, 4.69) is 21.3 Å². The number of nitrogens with one attached hydrogen (secondary N) is 4. The maximum atomic E-state index is 13.2. The molecule has 0 radical (unpaired) electrons. The van der Waals surface area contributed by atoms with Gasteiger partial charge in [0, 0.05) is 34.1 Å². The lowest BCUT2D eigenvalue weighted by atomic mass is 9.88. The van der Waals surface area contributed by atoms with Gasteiger partial charge in [-0.15, -0.1) is 0 Å². The normalized spacial score (nSPS) is 47.6. The van der Waals surface area contributed by atoms with Gasteiger partial charge in [0.15, 0.2) is 50.3 Å². The van der Waals surface area contributed by atoms with Gasteiger partial charge in [0.25, 0.3) is 5.79 Å². The van der Waals surface area contributed by atoms with Crippen LogP contribution in [0, 0.1) is 0 Å². The zero-order valence-corrected chi connectivity index (χ0v) is 63.1. The second-order valence-electron chi connectivity index (χ2n) is 29.5. The van der Waals surface area contributed by atoms with E-state index in [9.17, 15) is 162 Å². The summed E-state index contributed by atoms with van der Waals surface area (Å²) in [7, 11) is 0. The van der Waals surface area contributed by atoms with E-state index in [1.165, 1.54) is 0 Å². The van der Waals surface area contributed by atoms with E-state index in [-0.39, 0.29) is 0 Å². The lowest BCUT2D eigenvalue weighted by Gasteiger charge is -2.51. The van der Waals surface area contributed by atoms with Crippen molar-refractivity contribution in [2.45, 2.75) is 316 Å². The van der Waals surface area contributed by atoms with Crippen molar-refractivity contribution in [2.24, 2.45) is 0 Å². The molecule has 53 heteroatoms. The molecule has 0 aromatic heterocycles. The van der Waals surface area contributed by atoms with Crippen molar-refractivity contribution in [1.82, 2.24) is 21.3 Å². The highest BCUT2D eigenvalue weighted by atomic mass is 16.8. The number of rotatable bonds is 32. The molecule has 682 valence electrons. The van der Waals surface area contributed by atoms with Crippen LogP contribution in [0.15, 0.2) is 0 Å². The number of carboxylic acid groups (broad SMARTS) is 1. The average molecular weight is 1730 g/mol. The summed E-state index contributed by atoms with van der Waals surface area (Å²) in [5.74, 6) is -9.16. The highest BCUT2D eigenvalue weighted by molar-refractivity contribution is 5.77. The Morgan fingerprint density at radius 2 is 0.593 bits per heavy atom.